The highest BCUT2D eigenvalue weighted by Gasteiger charge is 2.41. The molecule has 0 radical (unpaired) electrons. The van der Waals surface area contributed by atoms with E-state index in [-0.39, 0.29) is 17.9 Å². The van der Waals surface area contributed by atoms with Gasteiger partial charge in [-0.1, -0.05) is 18.2 Å². The number of halogens is 1. The number of nitrogens with two attached hydrogens (primary N) is 1. The Morgan fingerprint density at radius 3 is 2.94 bits per heavy atom. The molecule has 0 saturated heterocycles. The second-order valence-electron chi connectivity index (χ2n) is 5.21. The van der Waals surface area contributed by atoms with Crippen molar-refractivity contribution < 1.29 is 4.74 Å². The predicted octanol–water partition coefficient (Wildman–Crippen LogP) is 3.18. The first-order chi connectivity index (χ1) is 8.24. The molecule has 0 saturated carbocycles. The van der Waals surface area contributed by atoms with E-state index in [9.17, 15) is 0 Å². The van der Waals surface area contributed by atoms with Gasteiger partial charge in [0.1, 0.15) is 5.75 Å². The Kier molecular flexibility index (Phi) is 3.69. The largest absolute Gasteiger partial charge is 0.497 e. The molecule has 0 heterocycles. The van der Waals surface area contributed by atoms with Gasteiger partial charge >= 0.3 is 0 Å². The van der Waals surface area contributed by atoms with Crippen LogP contribution in [-0.4, -0.2) is 7.11 Å². The number of rotatable bonds is 1. The van der Waals surface area contributed by atoms with Crippen molar-refractivity contribution in [3.05, 3.63) is 41.5 Å². The van der Waals surface area contributed by atoms with Crippen LogP contribution >= 0.6 is 12.4 Å². The molecule has 2 atom stereocenters. The summed E-state index contributed by atoms with van der Waals surface area (Å²) in [6.07, 6.45) is 8.94. The van der Waals surface area contributed by atoms with Crippen LogP contribution in [0.1, 0.15) is 30.4 Å². The average Bonchev–Trinajstić information content (AvgIpc) is 2.38. The van der Waals surface area contributed by atoms with Crippen LogP contribution in [-0.2, 0) is 12.0 Å². The van der Waals surface area contributed by atoms with Crippen molar-refractivity contribution in [2.24, 2.45) is 11.7 Å². The highest BCUT2D eigenvalue weighted by atomic mass is 35.5. The number of allylic oxidation sites excluding steroid dienone is 1. The normalized spacial score (nSPS) is 28.9. The molecule has 18 heavy (non-hydrogen) atoms. The third-order valence-corrected chi connectivity index (χ3v) is 4.35. The Morgan fingerprint density at radius 1 is 1.33 bits per heavy atom. The minimum Gasteiger partial charge on any atom is -0.497 e. The Balaban J connectivity index is 0.00000120. The van der Waals surface area contributed by atoms with Crippen LogP contribution < -0.4 is 10.5 Å². The van der Waals surface area contributed by atoms with Gasteiger partial charge in [0, 0.05) is 5.54 Å². The number of benzene rings is 1. The first-order valence-electron chi connectivity index (χ1n) is 6.35. The maximum absolute atomic E-state index is 6.69. The van der Waals surface area contributed by atoms with Gasteiger partial charge in [-0.3, -0.25) is 0 Å². The molecule has 98 valence electrons. The summed E-state index contributed by atoms with van der Waals surface area (Å²) in [4.78, 5) is 0. The molecule has 3 rings (SSSR count). The molecule has 2 aliphatic carbocycles. The van der Waals surface area contributed by atoms with Crippen molar-refractivity contribution in [3.63, 3.8) is 0 Å². The van der Waals surface area contributed by atoms with Gasteiger partial charge in [0.05, 0.1) is 7.11 Å². The lowest BCUT2D eigenvalue weighted by atomic mass is 9.65. The standard InChI is InChI=1S/C15H19NO.ClH/c1-17-13-8-6-11-5-7-12-4-2-3-9-15(12,16)14(11)10-13;/h2-3,6,8,10,12H,4-5,7,9,16H2,1H3;1H/t12-,15+;/m1./s1. The minimum absolute atomic E-state index is 0. The van der Waals surface area contributed by atoms with Crippen LogP contribution in [0.2, 0.25) is 0 Å². The number of ether oxygens (including phenoxy) is 1. The Hall–Kier alpha value is -0.990. The highest BCUT2D eigenvalue weighted by molar-refractivity contribution is 5.85. The Labute approximate surface area is 115 Å². The Morgan fingerprint density at radius 2 is 2.17 bits per heavy atom. The molecule has 0 aliphatic heterocycles. The molecule has 0 spiro atoms. The fourth-order valence-electron chi connectivity index (χ4n) is 3.28. The molecule has 0 amide bonds. The maximum atomic E-state index is 6.69. The zero-order valence-electron chi connectivity index (χ0n) is 10.7. The van der Waals surface area contributed by atoms with Crippen LogP contribution in [0.3, 0.4) is 0 Å². The summed E-state index contributed by atoms with van der Waals surface area (Å²) < 4.78 is 5.33. The van der Waals surface area contributed by atoms with Gasteiger partial charge in [-0.2, -0.15) is 0 Å². The third kappa shape index (κ3) is 1.94. The summed E-state index contributed by atoms with van der Waals surface area (Å²) in [5.41, 5.74) is 9.23. The number of aryl methyl sites for hydroxylation is 1. The first kappa shape index (κ1) is 13.4. The van der Waals surface area contributed by atoms with Crippen LogP contribution in [0.25, 0.3) is 0 Å². The zero-order chi connectivity index (χ0) is 11.9. The second kappa shape index (κ2) is 4.94. The van der Waals surface area contributed by atoms with Gasteiger partial charge < -0.3 is 10.5 Å². The summed E-state index contributed by atoms with van der Waals surface area (Å²) >= 11 is 0. The van der Waals surface area contributed by atoms with Crippen LogP contribution in [0.15, 0.2) is 30.4 Å². The van der Waals surface area contributed by atoms with Crippen LogP contribution in [0, 0.1) is 5.92 Å². The molecule has 0 fully saturated rings. The second-order valence-corrected chi connectivity index (χ2v) is 5.21. The van der Waals surface area contributed by atoms with E-state index in [0.717, 1.165) is 25.0 Å². The molecule has 0 bridgehead atoms. The van der Waals surface area contributed by atoms with Crippen molar-refractivity contribution in [1.82, 2.24) is 0 Å². The lowest BCUT2D eigenvalue weighted by Crippen LogP contribution is -2.48. The molecule has 0 unspecified atom stereocenters. The monoisotopic (exact) mass is 265 g/mol. The predicted molar refractivity (Wildman–Crippen MR) is 76.3 cm³/mol. The fraction of sp³-hybridized carbons (Fsp3) is 0.467. The van der Waals surface area contributed by atoms with E-state index < -0.39 is 0 Å². The maximum Gasteiger partial charge on any atom is 0.119 e. The average molecular weight is 266 g/mol. The quantitative estimate of drug-likeness (QED) is 0.792. The topological polar surface area (TPSA) is 35.2 Å². The molecule has 1 aromatic rings. The minimum atomic E-state index is -0.170. The molecule has 3 heteroatoms. The third-order valence-electron chi connectivity index (χ3n) is 4.35. The van der Waals surface area contributed by atoms with E-state index in [2.05, 4.69) is 24.3 Å². The van der Waals surface area contributed by atoms with E-state index in [1.807, 2.05) is 6.07 Å². The van der Waals surface area contributed by atoms with Gasteiger partial charge in [0.15, 0.2) is 0 Å². The number of hydrogen-bond acceptors (Lipinski definition) is 2. The fourth-order valence-corrected chi connectivity index (χ4v) is 3.28. The molecule has 0 aromatic heterocycles. The smallest absolute Gasteiger partial charge is 0.119 e. The van der Waals surface area contributed by atoms with E-state index in [1.165, 1.54) is 17.5 Å². The summed E-state index contributed by atoms with van der Waals surface area (Å²) in [7, 11) is 1.71. The lowest BCUT2D eigenvalue weighted by Gasteiger charge is -2.44. The van der Waals surface area contributed by atoms with E-state index in [4.69, 9.17) is 10.5 Å². The van der Waals surface area contributed by atoms with Crippen molar-refractivity contribution in [3.8, 4) is 5.75 Å². The van der Waals surface area contributed by atoms with Crippen molar-refractivity contribution in [2.45, 2.75) is 31.2 Å². The van der Waals surface area contributed by atoms with E-state index in [0.29, 0.717) is 5.92 Å². The van der Waals surface area contributed by atoms with Gasteiger partial charge in [-0.25, -0.2) is 0 Å². The zero-order valence-corrected chi connectivity index (χ0v) is 11.5. The van der Waals surface area contributed by atoms with E-state index >= 15 is 0 Å². The highest BCUT2D eigenvalue weighted by Crippen LogP contribution is 2.45. The van der Waals surface area contributed by atoms with Crippen LogP contribution in [0.5, 0.6) is 5.75 Å². The molecule has 2 nitrogen and oxygen atoms in total. The summed E-state index contributed by atoms with van der Waals surface area (Å²) in [6, 6.07) is 6.36. The lowest BCUT2D eigenvalue weighted by molar-refractivity contribution is 0.231. The van der Waals surface area contributed by atoms with Gasteiger partial charge in [-0.15, -0.1) is 12.4 Å². The Bertz CT molecular complexity index is 472. The summed E-state index contributed by atoms with van der Waals surface area (Å²) in [5, 5.41) is 0. The number of hydrogen-bond donors (Lipinski definition) is 1. The first-order valence-corrected chi connectivity index (χ1v) is 6.35. The summed E-state index contributed by atoms with van der Waals surface area (Å²) in [6.45, 7) is 0. The molecular weight excluding hydrogens is 246 g/mol. The number of methoxy groups -OCH3 is 1. The van der Waals surface area contributed by atoms with Crippen molar-refractivity contribution in [2.75, 3.05) is 7.11 Å². The van der Waals surface area contributed by atoms with Crippen molar-refractivity contribution in [1.29, 1.82) is 0 Å². The molecule has 1 aromatic carbocycles. The van der Waals surface area contributed by atoms with Crippen molar-refractivity contribution >= 4 is 12.4 Å². The van der Waals surface area contributed by atoms with Gasteiger partial charge in [0.2, 0.25) is 0 Å². The molecule has 2 N–H and O–H groups in total. The number of fused-ring (bicyclic) bond motifs is 3. The van der Waals surface area contributed by atoms with Gasteiger partial charge in [-0.05, 0) is 54.9 Å². The van der Waals surface area contributed by atoms with E-state index in [1.54, 1.807) is 7.11 Å². The molecule has 2 aliphatic rings. The van der Waals surface area contributed by atoms with Gasteiger partial charge in [0.25, 0.3) is 0 Å². The van der Waals surface area contributed by atoms with Crippen LogP contribution in [0.4, 0.5) is 0 Å². The SMILES string of the molecule is COc1ccc2c(c1)[C@]1(N)CC=CC[C@@H]1CC2.Cl. The molecular formula is C15H20ClNO. The summed E-state index contributed by atoms with van der Waals surface area (Å²) in [5.74, 6) is 1.51.